The van der Waals surface area contributed by atoms with Crippen LogP contribution in [0.4, 0.5) is 13.2 Å². The van der Waals surface area contributed by atoms with Gasteiger partial charge in [-0.2, -0.15) is 18.2 Å². The van der Waals surface area contributed by atoms with Crippen molar-refractivity contribution in [1.29, 1.82) is 0 Å². The minimum Gasteiger partial charge on any atom is -0.395 e. The van der Waals surface area contributed by atoms with E-state index in [2.05, 4.69) is 20.6 Å². The zero-order valence-electron chi connectivity index (χ0n) is 17.5. The van der Waals surface area contributed by atoms with Crippen LogP contribution < -0.4 is 5.32 Å². The molecule has 1 aliphatic carbocycles. The average Bonchev–Trinajstić information content (AvgIpc) is 3.50. The van der Waals surface area contributed by atoms with Gasteiger partial charge >= 0.3 is 6.18 Å². The first-order chi connectivity index (χ1) is 16.3. The van der Waals surface area contributed by atoms with E-state index in [9.17, 15) is 23.1 Å². The topological polar surface area (TPSA) is 135 Å². The van der Waals surface area contributed by atoms with E-state index in [4.69, 9.17) is 14.2 Å². The summed E-state index contributed by atoms with van der Waals surface area (Å²) in [6.45, 7) is -0.237. The molecule has 34 heavy (non-hydrogen) atoms. The summed E-state index contributed by atoms with van der Waals surface area (Å²) in [4.78, 5) is 15.9. The smallest absolute Gasteiger partial charge is 0.395 e. The highest BCUT2D eigenvalue weighted by atomic mass is 19.4. The van der Waals surface area contributed by atoms with Crippen molar-refractivity contribution >= 4 is 11.5 Å². The predicted octanol–water partition coefficient (Wildman–Crippen LogP) is 2.98. The maximum absolute atomic E-state index is 13.9. The van der Waals surface area contributed by atoms with Crippen molar-refractivity contribution in [3.8, 4) is 22.9 Å². The summed E-state index contributed by atoms with van der Waals surface area (Å²) in [5.74, 6) is -1.75. The number of rotatable bonds is 7. The van der Waals surface area contributed by atoms with E-state index >= 15 is 0 Å². The van der Waals surface area contributed by atoms with Crippen LogP contribution in [0.25, 0.3) is 28.5 Å². The number of benzene rings is 1. The third-order valence-corrected chi connectivity index (χ3v) is 5.12. The Morgan fingerprint density at radius 2 is 1.88 bits per heavy atom. The maximum atomic E-state index is 13.9. The van der Waals surface area contributed by atoms with Gasteiger partial charge in [0.25, 0.3) is 11.8 Å². The van der Waals surface area contributed by atoms with E-state index < -0.39 is 35.4 Å². The van der Waals surface area contributed by atoms with Crippen LogP contribution in [0.3, 0.4) is 0 Å². The number of alkyl halides is 3. The molecule has 1 unspecified atom stereocenters. The van der Waals surface area contributed by atoms with E-state index in [1.165, 1.54) is 18.2 Å². The van der Waals surface area contributed by atoms with E-state index in [-0.39, 0.29) is 36.7 Å². The number of hydrogen-bond donors (Lipinski definition) is 3. The molecular formula is C22H19F3N4O5. The molecule has 178 valence electrons. The monoisotopic (exact) mass is 476 g/mol. The normalized spacial score (nSPS) is 15.0. The highest BCUT2D eigenvalue weighted by molar-refractivity contribution is 5.84. The van der Waals surface area contributed by atoms with Gasteiger partial charge in [0, 0.05) is 17.7 Å². The molecule has 9 nitrogen and oxygen atoms in total. The molecular weight excluding hydrogens is 457 g/mol. The van der Waals surface area contributed by atoms with Crippen molar-refractivity contribution in [1.82, 2.24) is 20.6 Å². The van der Waals surface area contributed by atoms with E-state index in [0.29, 0.717) is 17.6 Å². The maximum Gasteiger partial charge on any atom is 0.422 e. The number of nitrogens with zero attached hydrogens (tertiary/aromatic N) is 3. The molecule has 1 amide bonds. The van der Waals surface area contributed by atoms with E-state index in [1.807, 2.05) is 0 Å². The zero-order valence-corrected chi connectivity index (χ0v) is 17.5. The third-order valence-electron chi connectivity index (χ3n) is 5.12. The Morgan fingerprint density at radius 3 is 2.53 bits per heavy atom. The summed E-state index contributed by atoms with van der Waals surface area (Å²) in [5.41, 5.74) is -0.312. The number of aliphatic hydroxyl groups is 2. The number of amides is 1. The van der Waals surface area contributed by atoms with Crippen molar-refractivity contribution in [3.05, 3.63) is 59.4 Å². The standard InChI is InChI=1S/C22H19F3N4O5/c23-22(24,25)15-16(12-4-2-1-3-5-12)28-33-18(15)21-27-19(29-34-21)14-8-6-13(7-9-14)17(31)20(32)26-10-11-30/h1-6,8,17,30-31H,7,9-11H2,(H,26,32). The summed E-state index contributed by atoms with van der Waals surface area (Å²) in [6.07, 6.45) is -2.50. The molecule has 1 aliphatic rings. The molecule has 0 radical (unpaired) electrons. The largest absolute Gasteiger partial charge is 0.422 e. The summed E-state index contributed by atoms with van der Waals surface area (Å²) >= 11 is 0. The number of hydrogen-bond acceptors (Lipinski definition) is 8. The third kappa shape index (κ3) is 4.77. The van der Waals surface area contributed by atoms with Crippen molar-refractivity contribution < 1.29 is 37.2 Å². The number of aliphatic hydroxyl groups excluding tert-OH is 2. The Balaban J connectivity index is 1.60. The van der Waals surface area contributed by atoms with Gasteiger partial charge in [0.15, 0.2) is 11.9 Å². The van der Waals surface area contributed by atoms with Gasteiger partial charge in [-0.15, -0.1) is 0 Å². The summed E-state index contributed by atoms with van der Waals surface area (Å²) < 4.78 is 51.6. The molecule has 0 aliphatic heterocycles. The predicted molar refractivity (Wildman–Crippen MR) is 112 cm³/mol. The van der Waals surface area contributed by atoms with Gasteiger partial charge in [-0.25, -0.2) is 0 Å². The highest BCUT2D eigenvalue weighted by Crippen LogP contribution is 2.43. The van der Waals surface area contributed by atoms with Crippen molar-refractivity contribution in [2.75, 3.05) is 13.2 Å². The van der Waals surface area contributed by atoms with Gasteiger partial charge in [-0.05, 0) is 18.4 Å². The highest BCUT2D eigenvalue weighted by Gasteiger charge is 2.43. The van der Waals surface area contributed by atoms with Gasteiger partial charge in [0.2, 0.25) is 5.76 Å². The second-order valence-corrected chi connectivity index (χ2v) is 7.37. The fraction of sp³-hybridized carbons (Fsp3) is 0.273. The number of carbonyl (C=O) groups excluding carboxylic acids is 1. The molecule has 2 heterocycles. The Hall–Kier alpha value is -3.77. The Bertz CT molecular complexity index is 1230. The average molecular weight is 476 g/mol. The van der Waals surface area contributed by atoms with Crippen LogP contribution in [0.2, 0.25) is 0 Å². The van der Waals surface area contributed by atoms with E-state index in [0.717, 1.165) is 0 Å². The van der Waals surface area contributed by atoms with Crippen LogP contribution in [-0.2, 0) is 11.0 Å². The molecule has 0 bridgehead atoms. The zero-order chi connectivity index (χ0) is 24.3. The Kier molecular flexibility index (Phi) is 6.61. The Morgan fingerprint density at radius 1 is 1.12 bits per heavy atom. The molecule has 1 aromatic carbocycles. The quantitative estimate of drug-likeness (QED) is 0.474. The molecule has 0 spiro atoms. The van der Waals surface area contributed by atoms with Crippen molar-refractivity contribution in [2.45, 2.75) is 25.1 Å². The number of halogens is 3. The fourth-order valence-electron chi connectivity index (χ4n) is 3.45. The molecule has 12 heteroatoms. The van der Waals surface area contributed by atoms with Crippen LogP contribution in [0, 0.1) is 0 Å². The van der Waals surface area contributed by atoms with Crippen molar-refractivity contribution in [3.63, 3.8) is 0 Å². The molecule has 4 rings (SSSR count). The molecule has 2 aromatic heterocycles. The molecule has 0 saturated carbocycles. The lowest BCUT2D eigenvalue weighted by Crippen LogP contribution is -2.37. The molecule has 3 aromatic rings. The second kappa shape index (κ2) is 9.61. The summed E-state index contributed by atoms with van der Waals surface area (Å²) in [5, 5.41) is 28.6. The first-order valence-corrected chi connectivity index (χ1v) is 10.2. The van der Waals surface area contributed by atoms with Gasteiger partial charge in [0.1, 0.15) is 11.3 Å². The van der Waals surface area contributed by atoms with Crippen LogP contribution in [0.1, 0.15) is 24.2 Å². The molecule has 0 fully saturated rings. The Labute approximate surface area is 190 Å². The lowest BCUT2D eigenvalue weighted by atomic mass is 9.94. The van der Waals surface area contributed by atoms with Gasteiger partial charge in [-0.3, -0.25) is 4.79 Å². The second-order valence-electron chi connectivity index (χ2n) is 7.37. The fourth-order valence-corrected chi connectivity index (χ4v) is 3.45. The minimum absolute atomic E-state index is 0.0173. The van der Waals surface area contributed by atoms with Gasteiger partial charge in [-0.1, -0.05) is 52.8 Å². The molecule has 0 saturated heterocycles. The SMILES string of the molecule is O=C(NCCO)C(O)C1=CC=C(c2noc(-c3onc(-c4ccccc4)c3C(F)(F)F)n2)CC1. The molecule has 1 atom stereocenters. The van der Waals surface area contributed by atoms with Gasteiger partial charge < -0.3 is 24.6 Å². The van der Waals surface area contributed by atoms with Crippen LogP contribution in [0.15, 0.2) is 57.1 Å². The lowest BCUT2D eigenvalue weighted by molar-refractivity contribution is -0.137. The first-order valence-electron chi connectivity index (χ1n) is 10.2. The van der Waals surface area contributed by atoms with E-state index in [1.54, 1.807) is 24.3 Å². The number of allylic oxidation sites excluding steroid dienone is 3. The van der Waals surface area contributed by atoms with Crippen molar-refractivity contribution in [2.24, 2.45) is 0 Å². The van der Waals surface area contributed by atoms with Crippen LogP contribution in [0.5, 0.6) is 0 Å². The van der Waals surface area contributed by atoms with Crippen LogP contribution >= 0.6 is 0 Å². The number of nitrogens with one attached hydrogen (secondary N) is 1. The lowest BCUT2D eigenvalue weighted by Gasteiger charge is -2.17. The summed E-state index contributed by atoms with van der Waals surface area (Å²) in [7, 11) is 0. The molecule has 3 N–H and O–H groups in total. The number of carbonyl (C=O) groups is 1. The first kappa shape index (κ1) is 23.4. The van der Waals surface area contributed by atoms with Crippen LogP contribution in [-0.4, -0.2) is 50.7 Å². The van der Waals surface area contributed by atoms with Gasteiger partial charge in [0.05, 0.1) is 6.61 Å². The minimum atomic E-state index is -4.79. The summed E-state index contributed by atoms with van der Waals surface area (Å²) in [6, 6.07) is 7.79. The number of aromatic nitrogens is 3.